The molecule has 156 valence electrons. The number of morpholine rings is 1. The molecule has 0 saturated carbocycles. The lowest BCUT2D eigenvalue weighted by Gasteiger charge is -2.28. The van der Waals surface area contributed by atoms with Crippen molar-refractivity contribution < 1.29 is 9.53 Å². The summed E-state index contributed by atoms with van der Waals surface area (Å²) in [7, 11) is 0. The fourth-order valence-electron chi connectivity index (χ4n) is 3.53. The fourth-order valence-corrected chi connectivity index (χ4v) is 4.22. The van der Waals surface area contributed by atoms with Gasteiger partial charge in [0.2, 0.25) is 0 Å². The fraction of sp³-hybridized carbons (Fsp3) is 0.174. The van der Waals surface area contributed by atoms with E-state index in [2.05, 4.69) is 25.5 Å². The lowest BCUT2D eigenvalue weighted by Crippen LogP contribution is -2.36. The molecule has 1 fully saturated rings. The van der Waals surface area contributed by atoms with Crippen molar-refractivity contribution in [2.24, 2.45) is 0 Å². The summed E-state index contributed by atoms with van der Waals surface area (Å²) in [6.07, 6.45) is 1.76. The van der Waals surface area contributed by atoms with Gasteiger partial charge in [-0.05, 0) is 35.7 Å². The van der Waals surface area contributed by atoms with Crippen LogP contribution in [-0.2, 0) is 4.74 Å². The largest absolute Gasteiger partial charge is 0.378 e. The molecule has 0 atom stereocenters. The van der Waals surface area contributed by atoms with Crippen molar-refractivity contribution in [1.82, 2.24) is 9.97 Å². The number of anilines is 4. The molecule has 1 aliphatic heterocycles. The van der Waals surface area contributed by atoms with Crippen LogP contribution in [-0.4, -0.2) is 42.2 Å². The van der Waals surface area contributed by atoms with Gasteiger partial charge in [-0.25, -0.2) is 9.97 Å². The van der Waals surface area contributed by atoms with Crippen molar-refractivity contribution in [2.75, 3.05) is 41.8 Å². The van der Waals surface area contributed by atoms with Crippen LogP contribution in [0, 0.1) is 0 Å². The molecule has 7 nitrogen and oxygen atoms in total. The van der Waals surface area contributed by atoms with E-state index in [4.69, 9.17) is 4.74 Å². The molecule has 8 heteroatoms. The first kappa shape index (κ1) is 19.5. The molecule has 0 unspecified atom stereocenters. The molecule has 1 aliphatic rings. The molecule has 0 aliphatic carbocycles. The maximum absolute atomic E-state index is 12.6. The maximum atomic E-state index is 12.6. The van der Waals surface area contributed by atoms with Crippen molar-refractivity contribution in [1.29, 1.82) is 0 Å². The Morgan fingerprint density at radius 1 is 1.03 bits per heavy atom. The number of carbonyl (C=O) groups is 1. The van der Waals surface area contributed by atoms with Crippen LogP contribution in [0.2, 0.25) is 0 Å². The van der Waals surface area contributed by atoms with Gasteiger partial charge in [-0.15, -0.1) is 11.3 Å². The Bertz CT molecular complexity index is 1200. The summed E-state index contributed by atoms with van der Waals surface area (Å²) in [6, 6.07) is 17.8. The minimum atomic E-state index is -0.241. The predicted octanol–water partition coefficient (Wildman–Crippen LogP) is 4.52. The average molecular weight is 432 g/mol. The topological polar surface area (TPSA) is 79.4 Å². The van der Waals surface area contributed by atoms with Gasteiger partial charge in [0.1, 0.15) is 11.5 Å². The third-order valence-corrected chi connectivity index (χ3v) is 5.89. The Hall–Kier alpha value is -3.49. The van der Waals surface area contributed by atoms with Gasteiger partial charge >= 0.3 is 0 Å². The molecule has 0 bridgehead atoms. The van der Waals surface area contributed by atoms with E-state index < -0.39 is 0 Å². The van der Waals surface area contributed by atoms with Crippen LogP contribution in [0.5, 0.6) is 0 Å². The molecule has 0 spiro atoms. The number of pyridine rings is 1. The molecule has 2 N–H and O–H groups in total. The molecular formula is C23H21N5O2S. The normalized spacial score (nSPS) is 13.9. The highest BCUT2D eigenvalue weighted by molar-refractivity contribution is 7.14. The number of hydrogen-bond acceptors (Lipinski definition) is 7. The van der Waals surface area contributed by atoms with Gasteiger partial charge in [-0.3, -0.25) is 4.79 Å². The summed E-state index contributed by atoms with van der Waals surface area (Å²) < 4.78 is 5.39. The lowest BCUT2D eigenvalue weighted by molar-refractivity contribution is 0.102. The summed E-state index contributed by atoms with van der Waals surface area (Å²) in [4.78, 5) is 23.8. The number of fused-ring (bicyclic) bond motifs is 1. The quantitative estimate of drug-likeness (QED) is 0.484. The highest BCUT2D eigenvalue weighted by atomic mass is 32.1. The van der Waals surface area contributed by atoms with E-state index in [1.807, 2.05) is 54.6 Å². The van der Waals surface area contributed by atoms with Gasteiger partial charge < -0.3 is 20.3 Å². The van der Waals surface area contributed by atoms with Crippen molar-refractivity contribution in [3.63, 3.8) is 0 Å². The minimum absolute atomic E-state index is 0.241. The zero-order chi connectivity index (χ0) is 21.0. The van der Waals surface area contributed by atoms with Gasteiger partial charge in [-0.1, -0.05) is 24.3 Å². The van der Waals surface area contributed by atoms with Crippen LogP contribution in [0.1, 0.15) is 10.5 Å². The highest BCUT2D eigenvalue weighted by Crippen LogP contribution is 2.26. The number of nitrogens with zero attached hydrogens (tertiary/aromatic N) is 3. The third-order valence-electron chi connectivity index (χ3n) is 5.14. The van der Waals surface area contributed by atoms with Crippen LogP contribution in [0.4, 0.5) is 22.3 Å². The first-order valence-electron chi connectivity index (χ1n) is 10.1. The van der Waals surface area contributed by atoms with E-state index >= 15 is 0 Å². The lowest BCUT2D eigenvalue weighted by atomic mass is 10.2. The van der Waals surface area contributed by atoms with Crippen LogP contribution >= 0.6 is 11.3 Å². The SMILES string of the molecule is O=C(Nc1ccc(N2CCOCC2)cc1)c1csc(Nc2nccc3ccccc23)n1. The van der Waals surface area contributed by atoms with Gasteiger partial charge in [-0.2, -0.15) is 0 Å². The zero-order valence-electron chi connectivity index (χ0n) is 16.7. The van der Waals surface area contributed by atoms with Gasteiger partial charge in [0.15, 0.2) is 5.13 Å². The zero-order valence-corrected chi connectivity index (χ0v) is 17.6. The van der Waals surface area contributed by atoms with Gasteiger partial charge in [0.25, 0.3) is 5.91 Å². The number of rotatable bonds is 5. The number of thiazole rings is 1. The number of benzene rings is 2. The van der Waals surface area contributed by atoms with Crippen LogP contribution < -0.4 is 15.5 Å². The molecular weight excluding hydrogens is 410 g/mol. The summed E-state index contributed by atoms with van der Waals surface area (Å²) in [6.45, 7) is 3.25. The third kappa shape index (κ3) is 4.35. The molecule has 4 aromatic rings. The van der Waals surface area contributed by atoms with Crippen molar-refractivity contribution in [3.8, 4) is 0 Å². The highest BCUT2D eigenvalue weighted by Gasteiger charge is 2.14. The van der Waals surface area contributed by atoms with E-state index in [9.17, 15) is 4.79 Å². The molecule has 2 aromatic carbocycles. The molecule has 1 saturated heterocycles. The van der Waals surface area contributed by atoms with E-state index in [1.54, 1.807) is 11.6 Å². The first-order valence-corrected chi connectivity index (χ1v) is 10.9. The molecule has 1 amide bonds. The van der Waals surface area contributed by atoms with Crippen molar-refractivity contribution in [2.45, 2.75) is 0 Å². The van der Waals surface area contributed by atoms with Gasteiger partial charge in [0, 0.05) is 41.4 Å². The maximum Gasteiger partial charge on any atom is 0.275 e. The molecule has 5 rings (SSSR count). The monoisotopic (exact) mass is 431 g/mol. The second-order valence-corrected chi connectivity index (χ2v) is 8.00. The Morgan fingerprint density at radius 2 is 1.84 bits per heavy atom. The molecule has 0 radical (unpaired) electrons. The smallest absolute Gasteiger partial charge is 0.275 e. The Morgan fingerprint density at radius 3 is 2.68 bits per heavy atom. The number of aromatic nitrogens is 2. The second kappa shape index (κ2) is 8.71. The average Bonchev–Trinajstić information content (AvgIpc) is 3.29. The minimum Gasteiger partial charge on any atom is -0.378 e. The van der Waals surface area contributed by atoms with E-state index in [0.717, 1.165) is 54.3 Å². The standard InChI is InChI=1S/C23H21N5O2S/c29-22(25-17-5-7-18(8-6-17)28-11-13-30-14-12-28)20-15-31-23(26-20)27-21-19-4-2-1-3-16(19)9-10-24-21/h1-10,15H,11-14H2,(H,25,29)(H,24,26,27). The Balaban J connectivity index is 1.26. The summed E-state index contributed by atoms with van der Waals surface area (Å²) >= 11 is 1.37. The number of ether oxygens (including phenoxy) is 1. The molecule has 31 heavy (non-hydrogen) atoms. The molecule has 3 heterocycles. The van der Waals surface area contributed by atoms with Crippen molar-refractivity contribution in [3.05, 3.63) is 71.9 Å². The van der Waals surface area contributed by atoms with Crippen LogP contribution in [0.15, 0.2) is 66.2 Å². The summed E-state index contributed by atoms with van der Waals surface area (Å²) in [5, 5.41) is 10.6. The summed E-state index contributed by atoms with van der Waals surface area (Å²) in [5.41, 5.74) is 2.23. The summed E-state index contributed by atoms with van der Waals surface area (Å²) in [5.74, 6) is 0.479. The van der Waals surface area contributed by atoms with Crippen LogP contribution in [0.25, 0.3) is 10.8 Å². The van der Waals surface area contributed by atoms with E-state index in [0.29, 0.717) is 10.8 Å². The first-order chi connectivity index (χ1) is 15.3. The number of nitrogens with one attached hydrogen (secondary N) is 2. The predicted molar refractivity (Wildman–Crippen MR) is 125 cm³/mol. The van der Waals surface area contributed by atoms with Gasteiger partial charge in [0.05, 0.1) is 13.2 Å². The van der Waals surface area contributed by atoms with E-state index in [-0.39, 0.29) is 5.91 Å². The second-order valence-electron chi connectivity index (χ2n) is 7.14. The Labute approximate surface area is 183 Å². The van der Waals surface area contributed by atoms with E-state index in [1.165, 1.54) is 11.3 Å². The molecule has 2 aromatic heterocycles. The number of carbonyl (C=O) groups excluding carboxylic acids is 1. The number of amides is 1. The number of hydrogen-bond donors (Lipinski definition) is 2. The van der Waals surface area contributed by atoms with Crippen molar-refractivity contribution >= 4 is 50.3 Å². The Kier molecular flexibility index (Phi) is 5.47. The van der Waals surface area contributed by atoms with Crippen LogP contribution in [0.3, 0.4) is 0 Å².